The highest BCUT2D eigenvalue weighted by Gasteiger charge is 2.42. The highest BCUT2D eigenvalue weighted by Crippen LogP contribution is 2.29. The molecule has 1 aliphatic heterocycles. The number of aryl methyl sites for hydroxylation is 1. The Balaban J connectivity index is 2.18. The van der Waals surface area contributed by atoms with Gasteiger partial charge in [-0.15, -0.1) is 0 Å². The minimum absolute atomic E-state index is 0.123. The molecule has 1 fully saturated rings. The smallest absolute Gasteiger partial charge is 0.331 e. The fourth-order valence-corrected chi connectivity index (χ4v) is 2.90. The zero-order chi connectivity index (χ0) is 15.3. The predicted molar refractivity (Wildman–Crippen MR) is 85.5 cm³/mol. The van der Waals surface area contributed by atoms with Crippen LogP contribution in [0.5, 0.6) is 0 Å². The van der Waals surface area contributed by atoms with Crippen molar-refractivity contribution in [3.8, 4) is 0 Å². The Morgan fingerprint density at radius 3 is 2.62 bits per heavy atom. The van der Waals surface area contributed by atoms with Crippen molar-refractivity contribution in [2.45, 2.75) is 39.2 Å². The lowest BCUT2D eigenvalue weighted by molar-refractivity contribution is -0.150. The van der Waals surface area contributed by atoms with Gasteiger partial charge in [-0.2, -0.15) is 0 Å². The number of piperidine rings is 1. The number of likely N-dealkylation sites (tertiary alicyclic amines) is 1. The molecule has 0 spiro atoms. The zero-order valence-corrected chi connectivity index (χ0v) is 13.3. The van der Waals surface area contributed by atoms with Gasteiger partial charge in [-0.1, -0.05) is 19.1 Å². The minimum Gasteiger partial charge on any atom is -0.464 e. The summed E-state index contributed by atoms with van der Waals surface area (Å²) in [5, 5.41) is 3.46. The highest BCUT2D eigenvalue weighted by molar-refractivity contribution is 5.85. The second kappa shape index (κ2) is 6.94. The fourth-order valence-electron chi connectivity index (χ4n) is 2.90. The van der Waals surface area contributed by atoms with Gasteiger partial charge in [-0.3, -0.25) is 0 Å². The summed E-state index contributed by atoms with van der Waals surface area (Å²) >= 11 is 0. The molecule has 0 aromatic heterocycles. The number of carbonyl (C=O) groups excluding carboxylic acids is 1. The third kappa shape index (κ3) is 3.76. The summed E-state index contributed by atoms with van der Waals surface area (Å²) in [6.07, 6.45) is 1.57. The third-order valence-electron chi connectivity index (χ3n) is 4.22. The van der Waals surface area contributed by atoms with Gasteiger partial charge in [0.25, 0.3) is 0 Å². The summed E-state index contributed by atoms with van der Waals surface area (Å²) < 4.78 is 5.34. The number of esters is 1. The van der Waals surface area contributed by atoms with Crippen molar-refractivity contribution in [1.82, 2.24) is 4.90 Å². The number of rotatable bonds is 5. The molecule has 0 bridgehead atoms. The summed E-state index contributed by atoms with van der Waals surface area (Å²) in [5.41, 5.74) is 1.59. The lowest BCUT2D eigenvalue weighted by Crippen LogP contribution is -2.55. The van der Waals surface area contributed by atoms with E-state index in [1.165, 1.54) is 5.56 Å². The van der Waals surface area contributed by atoms with Crippen LogP contribution in [0.15, 0.2) is 24.3 Å². The molecule has 0 saturated carbocycles. The quantitative estimate of drug-likeness (QED) is 0.847. The first-order valence-corrected chi connectivity index (χ1v) is 7.84. The number of nitrogens with one attached hydrogen (secondary N) is 1. The second-order valence-electron chi connectivity index (χ2n) is 5.73. The number of carbonyl (C=O) groups is 1. The first-order valence-electron chi connectivity index (χ1n) is 7.84. The lowest BCUT2D eigenvalue weighted by Gasteiger charge is -2.40. The molecule has 0 aliphatic carbocycles. The maximum atomic E-state index is 12.5. The van der Waals surface area contributed by atoms with Crippen LogP contribution < -0.4 is 5.32 Å². The van der Waals surface area contributed by atoms with E-state index in [2.05, 4.69) is 36.2 Å². The van der Waals surface area contributed by atoms with E-state index in [4.69, 9.17) is 4.74 Å². The van der Waals surface area contributed by atoms with Crippen LogP contribution in [0, 0.1) is 6.92 Å². The maximum Gasteiger partial charge on any atom is 0.331 e. The molecule has 1 N–H and O–H groups in total. The van der Waals surface area contributed by atoms with E-state index in [1.807, 2.05) is 19.1 Å². The van der Waals surface area contributed by atoms with Crippen molar-refractivity contribution in [3.05, 3.63) is 29.8 Å². The van der Waals surface area contributed by atoms with Crippen LogP contribution in [0.2, 0.25) is 0 Å². The van der Waals surface area contributed by atoms with Gasteiger partial charge in [0.2, 0.25) is 0 Å². The van der Waals surface area contributed by atoms with E-state index in [0.717, 1.165) is 38.2 Å². The van der Waals surface area contributed by atoms with Crippen LogP contribution in [-0.2, 0) is 9.53 Å². The van der Waals surface area contributed by atoms with E-state index < -0.39 is 5.54 Å². The van der Waals surface area contributed by atoms with Gasteiger partial charge in [-0.25, -0.2) is 4.79 Å². The first-order chi connectivity index (χ1) is 10.1. The molecule has 2 rings (SSSR count). The van der Waals surface area contributed by atoms with Gasteiger partial charge in [0.15, 0.2) is 0 Å². The molecule has 0 radical (unpaired) electrons. The van der Waals surface area contributed by atoms with E-state index >= 15 is 0 Å². The van der Waals surface area contributed by atoms with Crippen LogP contribution in [0.3, 0.4) is 0 Å². The van der Waals surface area contributed by atoms with Crippen LogP contribution in [0.4, 0.5) is 5.69 Å². The predicted octanol–water partition coefficient (Wildman–Crippen LogP) is 2.82. The van der Waals surface area contributed by atoms with E-state index in [-0.39, 0.29) is 5.97 Å². The normalized spacial score (nSPS) is 18.2. The van der Waals surface area contributed by atoms with Gasteiger partial charge < -0.3 is 15.0 Å². The van der Waals surface area contributed by atoms with Crippen LogP contribution >= 0.6 is 0 Å². The first kappa shape index (κ1) is 15.8. The Kier molecular flexibility index (Phi) is 5.23. The van der Waals surface area contributed by atoms with Gasteiger partial charge in [0, 0.05) is 18.8 Å². The van der Waals surface area contributed by atoms with Gasteiger partial charge in [0.1, 0.15) is 5.54 Å². The maximum absolute atomic E-state index is 12.5. The fraction of sp³-hybridized carbons (Fsp3) is 0.588. The lowest BCUT2D eigenvalue weighted by atomic mass is 9.87. The molecule has 0 unspecified atom stereocenters. The Hall–Kier alpha value is -1.55. The molecule has 1 aromatic rings. The molecule has 4 nitrogen and oxygen atoms in total. The Morgan fingerprint density at radius 1 is 1.33 bits per heavy atom. The summed E-state index contributed by atoms with van der Waals surface area (Å²) in [6.45, 7) is 9.38. The number of anilines is 1. The van der Waals surface area contributed by atoms with E-state index in [1.54, 1.807) is 0 Å². The van der Waals surface area contributed by atoms with Gasteiger partial charge >= 0.3 is 5.97 Å². The van der Waals surface area contributed by atoms with Crippen LogP contribution in [0.25, 0.3) is 0 Å². The van der Waals surface area contributed by atoms with Gasteiger partial charge in [0.05, 0.1) is 6.61 Å². The van der Waals surface area contributed by atoms with Crippen molar-refractivity contribution in [2.75, 3.05) is 31.6 Å². The largest absolute Gasteiger partial charge is 0.464 e. The highest BCUT2D eigenvalue weighted by atomic mass is 16.5. The number of nitrogens with zero attached hydrogens (tertiary/aromatic N) is 1. The average molecular weight is 290 g/mol. The molecule has 116 valence electrons. The standard InChI is InChI=1S/C17H26N2O2/c1-4-19-11-9-17(10-12-19,16(20)21-5-2)18-15-8-6-7-14(3)13-15/h6-8,13,18H,4-5,9-12H2,1-3H3. The summed E-state index contributed by atoms with van der Waals surface area (Å²) in [4.78, 5) is 14.9. The molecule has 1 saturated heterocycles. The van der Waals surface area contributed by atoms with E-state index in [0.29, 0.717) is 6.61 Å². The number of hydrogen-bond acceptors (Lipinski definition) is 4. The van der Waals surface area contributed by atoms with Crippen molar-refractivity contribution in [3.63, 3.8) is 0 Å². The molecule has 21 heavy (non-hydrogen) atoms. The van der Waals surface area contributed by atoms with Crippen molar-refractivity contribution < 1.29 is 9.53 Å². The molecule has 1 aliphatic rings. The van der Waals surface area contributed by atoms with E-state index in [9.17, 15) is 4.79 Å². The number of benzene rings is 1. The SMILES string of the molecule is CCOC(=O)C1(Nc2cccc(C)c2)CCN(CC)CC1. The third-order valence-corrected chi connectivity index (χ3v) is 4.22. The van der Waals surface area contributed by atoms with Crippen LogP contribution in [-0.4, -0.2) is 42.6 Å². The van der Waals surface area contributed by atoms with Crippen molar-refractivity contribution in [2.24, 2.45) is 0 Å². The molecular weight excluding hydrogens is 264 g/mol. The van der Waals surface area contributed by atoms with Crippen LogP contribution in [0.1, 0.15) is 32.3 Å². The molecule has 4 heteroatoms. The van der Waals surface area contributed by atoms with Gasteiger partial charge in [-0.05, 0) is 50.9 Å². The zero-order valence-electron chi connectivity index (χ0n) is 13.3. The summed E-state index contributed by atoms with van der Waals surface area (Å²) in [7, 11) is 0. The van der Waals surface area contributed by atoms with Crippen molar-refractivity contribution >= 4 is 11.7 Å². The Labute approximate surface area is 127 Å². The molecular formula is C17H26N2O2. The molecule has 1 heterocycles. The second-order valence-corrected chi connectivity index (χ2v) is 5.73. The average Bonchev–Trinajstić information content (AvgIpc) is 2.48. The molecule has 0 amide bonds. The Morgan fingerprint density at radius 2 is 2.05 bits per heavy atom. The monoisotopic (exact) mass is 290 g/mol. The number of ether oxygens (including phenoxy) is 1. The summed E-state index contributed by atoms with van der Waals surface area (Å²) in [6, 6.07) is 8.16. The Bertz CT molecular complexity index is 479. The summed E-state index contributed by atoms with van der Waals surface area (Å²) in [5.74, 6) is -0.123. The number of hydrogen-bond donors (Lipinski definition) is 1. The molecule has 1 aromatic carbocycles. The topological polar surface area (TPSA) is 41.6 Å². The van der Waals surface area contributed by atoms with Crippen molar-refractivity contribution in [1.29, 1.82) is 0 Å². The molecule has 0 atom stereocenters. The minimum atomic E-state index is -0.588.